The van der Waals surface area contributed by atoms with Crippen LogP contribution in [0.5, 0.6) is 0 Å². The molecule has 0 spiro atoms. The van der Waals surface area contributed by atoms with Gasteiger partial charge in [-0.25, -0.2) is 4.98 Å². The molecule has 0 aromatic carbocycles. The first-order valence-corrected chi connectivity index (χ1v) is 6.74. The smallest absolute Gasteiger partial charge is 0.176 e. The van der Waals surface area contributed by atoms with Crippen LogP contribution in [0.3, 0.4) is 0 Å². The van der Waals surface area contributed by atoms with E-state index in [0.29, 0.717) is 5.56 Å². The van der Waals surface area contributed by atoms with Crippen LogP contribution in [-0.2, 0) is 13.5 Å². The van der Waals surface area contributed by atoms with E-state index in [1.807, 2.05) is 20.9 Å². The second-order valence-electron chi connectivity index (χ2n) is 3.48. The van der Waals surface area contributed by atoms with Gasteiger partial charge < -0.3 is 0 Å². The number of aromatic nitrogens is 4. The minimum Gasteiger partial charge on any atom is -0.298 e. The Balaban J connectivity index is 2.32. The van der Waals surface area contributed by atoms with Crippen molar-refractivity contribution in [3.63, 3.8) is 0 Å². The van der Waals surface area contributed by atoms with E-state index in [0.717, 1.165) is 33.6 Å². The van der Waals surface area contributed by atoms with Crippen molar-refractivity contribution in [1.29, 1.82) is 0 Å². The van der Waals surface area contributed by atoms with Gasteiger partial charge in [0, 0.05) is 13.5 Å². The molecular weight excluding hydrogens is 256 g/mol. The van der Waals surface area contributed by atoms with Gasteiger partial charge in [0.2, 0.25) is 0 Å². The molecule has 2 aromatic heterocycles. The van der Waals surface area contributed by atoms with Crippen LogP contribution in [0.1, 0.15) is 28.8 Å². The number of carbonyl (C=O) groups excluding carboxylic acids is 1. The number of nitrogens with zero attached hydrogens (tertiary/aromatic N) is 4. The molecule has 0 aliphatic heterocycles. The van der Waals surface area contributed by atoms with Gasteiger partial charge in [0.15, 0.2) is 10.6 Å². The highest BCUT2D eigenvalue weighted by Crippen LogP contribution is 2.31. The van der Waals surface area contributed by atoms with Crippen molar-refractivity contribution >= 4 is 29.6 Å². The summed E-state index contributed by atoms with van der Waals surface area (Å²) in [5, 5.41) is 5.04. The molecule has 90 valence electrons. The lowest BCUT2D eigenvalue weighted by Gasteiger charge is -1.98. The predicted molar refractivity (Wildman–Crippen MR) is 66.7 cm³/mol. The lowest BCUT2D eigenvalue weighted by molar-refractivity contribution is 0.112. The summed E-state index contributed by atoms with van der Waals surface area (Å²) >= 11 is 2.79. The molecule has 2 aromatic rings. The summed E-state index contributed by atoms with van der Waals surface area (Å²) in [6.45, 7) is 3.84. The lowest BCUT2D eigenvalue weighted by Crippen LogP contribution is -1.93. The minimum absolute atomic E-state index is 0.630. The van der Waals surface area contributed by atoms with E-state index in [4.69, 9.17) is 0 Å². The minimum atomic E-state index is 0.630. The number of aryl methyl sites for hydroxylation is 3. The van der Waals surface area contributed by atoms with E-state index in [1.54, 1.807) is 4.68 Å². The van der Waals surface area contributed by atoms with Crippen LogP contribution in [0.2, 0.25) is 0 Å². The fourth-order valence-electron chi connectivity index (χ4n) is 1.42. The molecule has 0 aliphatic carbocycles. The number of aldehydes is 1. The maximum atomic E-state index is 11.0. The first-order valence-electron chi connectivity index (χ1n) is 5.15. The molecule has 2 heterocycles. The second kappa shape index (κ2) is 4.97. The van der Waals surface area contributed by atoms with Gasteiger partial charge in [0.1, 0.15) is 10.9 Å². The SMILES string of the molecule is CCc1nsc(Sc2c(C=O)c(C)nn2C)n1. The van der Waals surface area contributed by atoms with Crippen molar-refractivity contribution in [3.05, 3.63) is 17.1 Å². The third-order valence-corrected chi connectivity index (χ3v) is 4.25. The zero-order valence-electron chi connectivity index (χ0n) is 9.80. The quantitative estimate of drug-likeness (QED) is 0.795. The van der Waals surface area contributed by atoms with Crippen molar-refractivity contribution in [2.24, 2.45) is 7.05 Å². The summed E-state index contributed by atoms with van der Waals surface area (Å²) in [6, 6.07) is 0. The van der Waals surface area contributed by atoms with Gasteiger partial charge in [-0.3, -0.25) is 9.48 Å². The van der Waals surface area contributed by atoms with Gasteiger partial charge in [0.25, 0.3) is 0 Å². The number of rotatable bonds is 4. The Kier molecular flexibility index (Phi) is 3.58. The zero-order valence-corrected chi connectivity index (χ0v) is 11.4. The molecule has 2 rings (SSSR count). The van der Waals surface area contributed by atoms with Gasteiger partial charge in [-0.05, 0) is 30.2 Å². The van der Waals surface area contributed by atoms with E-state index in [1.165, 1.54) is 23.3 Å². The van der Waals surface area contributed by atoms with E-state index < -0.39 is 0 Å². The van der Waals surface area contributed by atoms with Gasteiger partial charge in [0.05, 0.1) is 11.3 Å². The van der Waals surface area contributed by atoms with Gasteiger partial charge in [-0.2, -0.15) is 9.47 Å². The summed E-state index contributed by atoms with van der Waals surface area (Å²) in [5.41, 5.74) is 1.37. The fourth-order valence-corrected chi connectivity index (χ4v) is 3.21. The van der Waals surface area contributed by atoms with Crippen molar-refractivity contribution in [2.75, 3.05) is 0 Å². The number of hydrogen-bond donors (Lipinski definition) is 0. The maximum Gasteiger partial charge on any atom is 0.176 e. The normalized spacial score (nSPS) is 10.8. The monoisotopic (exact) mass is 268 g/mol. The van der Waals surface area contributed by atoms with Crippen LogP contribution in [0.4, 0.5) is 0 Å². The molecule has 7 heteroatoms. The number of hydrogen-bond acceptors (Lipinski definition) is 6. The standard InChI is InChI=1S/C10H12N4OS2/c1-4-8-11-10(17-13-8)16-9-7(5-15)6(2)12-14(9)3/h5H,4H2,1-3H3. The second-order valence-corrected chi connectivity index (χ2v) is 5.47. The van der Waals surface area contributed by atoms with Crippen LogP contribution >= 0.6 is 23.3 Å². The van der Waals surface area contributed by atoms with Gasteiger partial charge in [-0.15, -0.1) is 0 Å². The van der Waals surface area contributed by atoms with Crippen LogP contribution < -0.4 is 0 Å². The molecule has 0 aliphatic rings. The zero-order chi connectivity index (χ0) is 12.4. The Morgan fingerprint density at radius 2 is 2.29 bits per heavy atom. The van der Waals surface area contributed by atoms with Crippen LogP contribution in [-0.4, -0.2) is 25.4 Å². The molecule has 0 fully saturated rings. The third-order valence-electron chi connectivity index (χ3n) is 2.28. The largest absolute Gasteiger partial charge is 0.298 e. The Morgan fingerprint density at radius 1 is 1.53 bits per heavy atom. The molecule has 0 saturated heterocycles. The van der Waals surface area contributed by atoms with E-state index in [2.05, 4.69) is 14.5 Å². The first kappa shape index (κ1) is 12.3. The van der Waals surface area contributed by atoms with Crippen LogP contribution in [0, 0.1) is 6.92 Å². The Bertz CT molecular complexity index is 546. The Labute approximate surface area is 107 Å². The molecular formula is C10H12N4OS2. The van der Waals surface area contributed by atoms with Crippen LogP contribution in [0.25, 0.3) is 0 Å². The summed E-state index contributed by atoms with van der Waals surface area (Å²) < 4.78 is 6.76. The average molecular weight is 268 g/mol. The van der Waals surface area contributed by atoms with Crippen molar-refractivity contribution < 1.29 is 4.79 Å². The molecule has 0 radical (unpaired) electrons. The average Bonchev–Trinajstić information content (AvgIpc) is 2.85. The summed E-state index contributed by atoms with van der Waals surface area (Å²) in [7, 11) is 1.82. The maximum absolute atomic E-state index is 11.0. The molecule has 5 nitrogen and oxygen atoms in total. The molecule has 0 N–H and O–H groups in total. The first-order chi connectivity index (χ1) is 8.15. The molecule has 0 atom stereocenters. The molecule has 0 amide bonds. The third kappa shape index (κ3) is 2.39. The van der Waals surface area contributed by atoms with Crippen molar-refractivity contribution in [3.8, 4) is 0 Å². The highest BCUT2D eigenvalue weighted by Gasteiger charge is 2.15. The van der Waals surface area contributed by atoms with Gasteiger partial charge in [-0.1, -0.05) is 6.92 Å². The topological polar surface area (TPSA) is 60.7 Å². The fraction of sp³-hybridized carbons (Fsp3) is 0.400. The molecule has 0 bridgehead atoms. The molecule has 0 saturated carbocycles. The number of carbonyl (C=O) groups is 1. The van der Waals surface area contributed by atoms with E-state index in [-0.39, 0.29) is 0 Å². The predicted octanol–water partition coefficient (Wildman–Crippen LogP) is 2.11. The summed E-state index contributed by atoms with van der Waals surface area (Å²) in [4.78, 5) is 15.4. The van der Waals surface area contributed by atoms with Gasteiger partial charge >= 0.3 is 0 Å². The Hall–Kier alpha value is -1.21. The molecule has 0 unspecified atom stereocenters. The van der Waals surface area contributed by atoms with E-state index in [9.17, 15) is 4.79 Å². The van der Waals surface area contributed by atoms with E-state index >= 15 is 0 Å². The van der Waals surface area contributed by atoms with Crippen molar-refractivity contribution in [2.45, 2.75) is 29.6 Å². The van der Waals surface area contributed by atoms with Crippen LogP contribution in [0.15, 0.2) is 9.37 Å². The molecule has 17 heavy (non-hydrogen) atoms. The highest BCUT2D eigenvalue weighted by atomic mass is 32.2. The Morgan fingerprint density at radius 3 is 2.88 bits per heavy atom. The summed E-state index contributed by atoms with van der Waals surface area (Å²) in [6.07, 6.45) is 1.66. The lowest BCUT2D eigenvalue weighted by atomic mass is 10.3. The van der Waals surface area contributed by atoms with Crippen molar-refractivity contribution in [1.82, 2.24) is 19.1 Å². The summed E-state index contributed by atoms with van der Waals surface area (Å²) in [5.74, 6) is 0.837. The highest BCUT2D eigenvalue weighted by molar-refractivity contribution is 8.01.